The number of hydrogen-bond acceptors (Lipinski definition) is 4. The van der Waals surface area contributed by atoms with Gasteiger partial charge in [0.15, 0.2) is 0 Å². The summed E-state index contributed by atoms with van der Waals surface area (Å²) in [6.45, 7) is 0.103. The van der Waals surface area contributed by atoms with Crippen molar-refractivity contribution in [1.29, 1.82) is 0 Å². The highest BCUT2D eigenvalue weighted by atomic mass is 32.1. The Morgan fingerprint density at radius 3 is 2.90 bits per heavy atom. The average Bonchev–Trinajstić information content (AvgIpc) is 2.03. The third kappa shape index (κ3) is 1.88. The highest BCUT2D eigenvalue weighted by molar-refractivity contribution is 7.80. The van der Waals surface area contributed by atoms with Gasteiger partial charge < -0.3 is 10.5 Å². The minimum absolute atomic E-state index is 0.103. The highest BCUT2D eigenvalue weighted by Gasteiger charge is 2.31. The van der Waals surface area contributed by atoms with Gasteiger partial charge in [-0.05, 0) is 6.42 Å². The SMILES string of the molecule is [2H]CC[C@](N)(CS)C(=O)OC. The predicted octanol–water partition coefficient (Wildman–Crippen LogP) is 0.197. The summed E-state index contributed by atoms with van der Waals surface area (Å²) in [6, 6.07) is 0. The van der Waals surface area contributed by atoms with E-state index < -0.39 is 11.5 Å². The van der Waals surface area contributed by atoms with Crippen molar-refractivity contribution in [3.8, 4) is 0 Å². The first-order valence-corrected chi connectivity index (χ1v) is 3.51. The van der Waals surface area contributed by atoms with Crippen molar-refractivity contribution in [2.24, 2.45) is 5.73 Å². The maximum Gasteiger partial charge on any atom is 0.326 e. The first-order chi connectivity index (χ1) is 5.10. The smallest absolute Gasteiger partial charge is 0.326 e. The van der Waals surface area contributed by atoms with Crippen molar-refractivity contribution < 1.29 is 10.9 Å². The quantitative estimate of drug-likeness (QED) is 0.462. The molecule has 0 fully saturated rings. The number of nitrogens with two attached hydrogens (primary N) is 1. The second-order valence-electron chi connectivity index (χ2n) is 2.06. The number of carbonyl (C=O) groups is 1. The second kappa shape index (κ2) is 3.83. The minimum Gasteiger partial charge on any atom is -0.468 e. The van der Waals surface area contributed by atoms with Crippen LogP contribution in [0.4, 0.5) is 0 Å². The van der Waals surface area contributed by atoms with Gasteiger partial charge in [-0.25, -0.2) is 0 Å². The van der Waals surface area contributed by atoms with Gasteiger partial charge in [0.05, 0.1) is 7.11 Å². The first-order valence-electron chi connectivity index (χ1n) is 3.59. The number of thiol groups is 1. The van der Waals surface area contributed by atoms with Gasteiger partial charge in [-0.15, -0.1) is 0 Å². The molecule has 60 valence electrons. The summed E-state index contributed by atoms with van der Waals surface area (Å²) in [4.78, 5) is 11.0. The monoisotopic (exact) mass is 164 g/mol. The predicted molar refractivity (Wildman–Crippen MR) is 43.1 cm³/mol. The summed E-state index contributed by atoms with van der Waals surface area (Å²) in [5, 5.41) is 0. The van der Waals surface area contributed by atoms with E-state index in [2.05, 4.69) is 17.4 Å². The van der Waals surface area contributed by atoms with Crippen LogP contribution in [0.3, 0.4) is 0 Å². The maximum absolute atomic E-state index is 11.0. The minimum atomic E-state index is -1.08. The Morgan fingerprint density at radius 1 is 2.00 bits per heavy atom. The Hall–Kier alpha value is -0.220. The standard InChI is InChI=1S/C6H13NO2S/c1-3-6(7,4-10)5(8)9-2/h10H,3-4,7H2,1-2H3/t6-/m0/s1/i1D. The van der Waals surface area contributed by atoms with Crippen LogP contribution in [0.1, 0.15) is 14.7 Å². The molecule has 0 rings (SSSR count). The van der Waals surface area contributed by atoms with Gasteiger partial charge >= 0.3 is 5.97 Å². The molecular formula is C6H13NO2S. The lowest BCUT2D eigenvalue weighted by Gasteiger charge is -2.21. The fourth-order valence-electron chi connectivity index (χ4n) is 0.449. The van der Waals surface area contributed by atoms with Gasteiger partial charge in [0.2, 0.25) is 0 Å². The van der Waals surface area contributed by atoms with Crippen LogP contribution in [0.5, 0.6) is 0 Å². The Bertz CT molecular complexity index is 145. The zero-order valence-corrected chi connectivity index (χ0v) is 6.86. The zero-order chi connectivity index (χ0) is 8.91. The van der Waals surface area contributed by atoms with E-state index in [1.54, 1.807) is 0 Å². The second-order valence-corrected chi connectivity index (χ2v) is 2.37. The Morgan fingerprint density at radius 2 is 2.60 bits per heavy atom. The molecule has 0 aromatic heterocycles. The molecule has 0 saturated carbocycles. The number of esters is 1. The molecule has 0 heterocycles. The lowest BCUT2D eigenvalue weighted by molar-refractivity contribution is -0.146. The fourth-order valence-corrected chi connectivity index (χ4v) is 0.736. The number of hydrogen-bond donors (Lipinski definition) is 2. The molecule has 10 heavy (non-hydrogen) atoms. The molecule has 0 radical (unpaired) electrons. The van der Waals surface area contributed by atoms with E-state index in [0.29, 0.717) is 0 Å². The van der Waals surface area contributed by atoms with Crippen LogP contribution in [0.2, 0.25) is 0 Å². The summed E-state index contributed by atoms with van der Waals surface area (Å²) in [7, 11) is 1.28. The molecule has 0 aliphatic heterocycles. The zero-order valence-electron chi connectivity index (χ0n) is 6.96. The number of carbonyl (C=O) groups excluding carboxylic acids is 1. The number of ether oxygens (including phenoxy) is 1. The van der Waals surface area contributed by atoms with Crippen LogP contribution in [-0.4, -0.2) is 24.4 Å². The molecule has 2 N–H and O–H groups in total. The topological polar surface area (TPSA) is 52.3 Å². The number of rotatable bonds is 3. The molecule has 0 aliphatic carbocycles. The normalized spacial score (nSPS) is 17.3. The summed E-state index contributed by atoms with van der Waals surface area (Å²) in [5.74, 6) is -0.293. The van der Waals surface area contributed by atoms with Gasteiger partial charge in [0, 0.05) is 7.12 Å². The maximum atomic E-state index is 11.0. The van der Waals surface area contributed by atoms with Crippen molar-refractivity contribution >= 4 is 18.6 Å². The van der Waals surface area contributed by atoms with E-state index >= 15 is 0 Å². The molecule has 1 atom stereocenters. The summed E-state index contributed by atoms with van der Waals surface area (Å²) >= 11 is 3.92. The van der Waals surface area contributed by atoms with Gasteiger partial charge in [-0.1, -0.05) is 6.90 Å². The molecule has 0 aromatic rings. The average molecular weight is 164 g/mol. The van der Waals surface area contributed by atoms with Crippen molar-refractivity contribution in [2.75, 3.05) is 12.9 Å². The van der Waals surface area contributed by atoms with Gasteiger partial charge in [0.25, 0.3) is 0 Å². The van der Waals surface area contributed by atoms with Crippen LogP contribution >= 0.6 is 12.6 Å². The van der Waals surface area contributed by atoms with Crippen molar-refractivity contribution in [2.45, 2.75) is 18.9 Å². The Balaban J connectivity index is 4.19. The third-order valence-corrected chi connectivity index (χ3v) is 1.88. The molecule has 4 heteroatoms. The van der Waals surface area contributed by atoms with Gasteiger partial charge in [-0.2, -0.15) is 12.6 Å². The van der Waals surface area contributed by atoms with E-state index in [1.807, 2.05) is 0 Å². The van der Waals surface area contributed by atoms with Crippen LogP contribution < -0.4 is 5.73 Å². The largest absolute Gasteiger partial charge is 0.468 e. The molecular weight excluding hydrogens is 150 g/mol. The third-order valence-electron chi connectivity index (χ3n) is 1.32. The number of methoxy groups -OCH3 is 1. The first kappa shape index (κ1) is 7.88. The highest BCUT2D eigenvalue weighted by Crippen LogP contribution is 2.09. The van der Waals surface area contributed by atoms with E-state index in [4.69, 9.17) is 7.10 Å². The lowest BCUT2D eigenvalue weighted by Crippen LogP contribution is -2.49. The fraction of sp³-hybridized carbons (Fsp3) is 0.833. The van der Waals surface area contributed by atoms with E-state index in [-0.39, 0.29) is 19.1 Å². The summed E-state index contributed by atoms with van der Waals surface area (Å²) in [5.41, 5.74) is 4.51. The van der Waals surface area contributed by atoms with Gasteiger partial charge in [-0.3, -0.25) is 4.79 Å². The summed E-state index contributed by atoms with van der Waals surface area (Å²) in [6.07, 6.45) is 0.281. The van der Waals surface area contributed by atoms with Crippen LogP contribution in [0.25, 0.3) is 0 Å². The Labute approximate surface area is 67.7 Å². The molecule has 0 aromatic carbocycles. The van der Waals surface area contributed by atoms with Crippen molar-refractivity contribution in [3.63, 3.8) is 0 Å². The van der Waals surface area contributed by atoms with E-state index in [0.717, 1.165) is 0 Å². The molecule has 0 bridgehead atoms. The molecule has 0 saturated heterocycles. The van der Waals surface area contributed by atoms with Gasteiger partial charge in [0.1, 0.15) is 5.54 Å². The molecule has 0 unspecified atom stereocenters. The molecule has 0 aliphatic rings. The molecule has 0 spiro atoms. The molecule has 0 amide bonds. The Kier molecular flexibility index (Phi) is 3.02. The van der Waals surface area contributed by atoms with Crippen LogP contribution in [0, 0.1) is 0 Å². The van der Waals surface area contributed by atoms with E-state index in [1.165, 1.54) is 7.11 Å². The van der Waals surface area contributed by atoms with Crippen molar-refractivity contribution in [1.82, 2.24) is 0 Å². The van der Waals surface area contributed by atoms with E-state index in [9.17, 15) is 4.79 Å². The van der Waals surface area contributed by atoms with Crippen molar-refractivity contribution in [3.05, 3.63) is 0 Å². The van der Waals surface area contributed by atoms with Crippen LogP contribution in [-0.2, 0) is 9.53 Å². The molecule has 3 nitrogen and oxygen atoms in total. The van der Waals surface area contributed by atoms with Crippen LogP contribution in [0.15, 0.2) is 0 Å². The lowest BCUT2D eigenvalue weighted by atomic mass is 10.0. The summed E-state index contributed by atoms with van der Waals surface area (Å²) < 4.78 is 11.4.